The molecule has 0 bridgehead atoms. The predicted octanol–water partition coefficient (Wildman–Crippen LogP) is 6.83. The summed E-state index contributed by atoms with van der Waals surface area (Å²) in [6, 6.07) is 18.0. The molecule has 3 heterocycles. The minimum Gasteiger partial charge on any atom is -0.309 e. The highest BCUT2D eigenvalue weighted by Gasteiger charge is 2.31. The Morgan fingerprint density at radius 1 is 0.875 bits per heavy atom. The van der Waals surface area contributed by atoms with Gasteiger partial charge in [-0.1, -0.05) is 35.9 Å². The van der Waals surface area contributed by atoms with Crippen molar-refractivity contribution in [2.75, 3.05) is 0 Å². The third-order valence-electron chi connectivity index (χ3n) is 5.24. The maximum absolute atomic E-state index is 13.4. The Morgan fingerprint density at radius 2 is 1.59 bits per heavy atom. The molecule has 5 rings (SSSR count). The number of aromatic nitrogens is 4. The Balaban J connectivity index is 1.82. The van der Waals surface area contributed by atoms with Crippen molar-refractivity contribution in [3.8, 4) is 28.2 Å². The number of fused-ring (bicyclic) bond motifs is 1. The summed E-state index contributed by atoms with van der Waals surface area (Å²) in [6.07, 6.45) is -0.778. The Hall–Kier alpha value is -3.58. The number of benzene rings is 2. The molecule has 0 saturated heterocycles. The minimum absolute atomic E-state index is 0.394. The number of aryl methyl sites for hydroxylation is 1. The van der Waals surface area contributed by atoms with Gasteiger partial charge in [-0.25, -0.2) is 9.50 Å². The van der Waals surface area contributed by atoms with E-state index in [0.29, 0.717) is 33.4 Å². The highest BCUT2D eigenvalue weighted by Crippen LogP contribution is 2.35. The Labute approximate surface area is 186 Å². The molecule has 5 aromatic rings. The molecule has 4 nitrogen and oxygen atoms in total. The van der Waals surface area contributed by atoms with Gasteiger partial charge in [-0.05, 0) is 48.9 Å². The van der Waals surface area contributed by atoms with Gasteiger partial charge in [0.25, 0.3) is 0 Å². The molecule has 0 amide bonds. The van der Waals surface area contributed by atoms with Crippen LogP contribution in [0, 0.1) is 6.92 Å². The first-order valence-corrected chi connectivity index (χ1v) is 10.2. The first kappa shape index (κ1) is 20.3. The van der Waals surface area contributed by atoms with E-state index >= 15 is 0 Å². The maximum atomic E-state index is 13.4. The molecule has 0 atom stereocenters. The van der Waals surface area contributed by atoms with Crippen LogP contribution >= 0.6 is 11.6 Å². The molecule has 0 radical (unpaired) electrons. The van der Waals surface area contributed by atoms with Crippen molar-refractivity contribution in [1.29, 1.82) is 0 Å². The molecule has 0 aliphatic carbocycles. The van der Waals surface area contributed by atoms with Gasteiger partial charge in [-0.15, -0.1) is 0 Å². The summed E-state index contributed by atoms with van der Waals surface area (Å²) < 4.78 is 43.5. The molecule has 160 valence electrons. The lowest BCUT2D eigenvalue weighted by molar-refractivity contribution is -0.137. The number of hydrogen-bond acceptors (Lipinski definition) is 2. The third-order valence-corrected chi connectivity index (χ3v) is 5.49. The van der Waals surface area contributed by atoms with Crippen LogP contribution in [0.3, 0.4) is 0 Å². The second kappa shape index (κ2) is 7.53. The Morgan fingerprint density at radius 3 is 2.28 bits per heavy atom. The first-order valence-electron chi connectivity index (χ1n) is 9.78. The largest absolute Gasteiger partial charge is 0.416 e. The molecule has 0 saturated carbocycles. The molecule has 0 aliphatic rings. The zero-order chi connectivity index (χ0) is 22.5. The smallest absolute Gasteiger partial charge is 0.309 e. The van der Waals surface area contributed by atoms with Crippen LogP contribution in [0.5, 0.6) is 0 Å². The second-order valence-corrected chi connectivity index (χ2v) is 7.81. The molecule has 0 N–H and O–H groups in total. The van der Waals surface area contributed by atoms with E-state index in [0.717, 1.165) is 23.3 Å². The van der Waals surface area contributed by atoms with E-state index in [9.17, 15) is 13.2 Å². The number of nitrogens with zero attached hydrogens (tertiary/aromatic N) is 4. The molecular formula is C24H16ClF3N4. The fourth-order valence-corrected chi connectivity index (χ4v) is 3.87. The molecular weight excluding hydrogens is 437 g/mol. The minimum atomic E-state index is -4.44. The van der Waals surface area contributed by atoms with E-state index in [4.69, 9.17) is 16.6 Å². The molecule has 8 heteroatoms. The topological polar surface area (TPSA) is 35.1 Å². The fraction of sp³-hybridized carbons (Fsp3) is 0.0833. The summed E-state index contributed by atoms with van der Waals surface area (Å²) in [6.45, 7) is 1.85. The summed E-state index contributed by atoms with van der Waals surface area (Å²) in [5.41, 5.74) is 3.10. The lowest BCUT2D eigenvalue weighted by Crippen LogP contribution is -2.06. The molecule has 0 fully saturated rings. The molecule has 0 unspecified atom stereocenters. The van der Waals surface area contributed by atoms with Crippen molar-refractivity contribution in [2.24, 2.45) is 0 Å². The highest BCUT2D eigenvalue weighted by molar-refractivity contribution is 6.30. The number of alkyl halides is 3. The van der Waals surface area contributed by atoms with Gasteiger partial charge in [0.1, 0.15) is 5.82 Å². The van der Waals surface area contributed by atoms with Crippen molar-refractivity contribution >= 4 is 17.2 Å². The standard InChI is InChI=1S/C24H16ClF3N4/c1-15-22(16-7-9-19(25)10-8-16)23-29-21(31-11-2-3-12-31)14-20(32(23)30-15)17-5-4-6-18(13-17)24(26,27)28/h2-14H,1H3. The van der Waals surface area contributed by atoms with Crippen LogP contribution in [0.4, 0.5) is 13.2 Å². The number of rotatable bonds is 3. The van der Waals surface area contributed by atoms with Crippen molar-refractivity contribution in [2.45, 2.75) is 13.1 Å². The van der Waals surface area contributed by atoms with E-state index in [-0.39, 0.29) is 0 Å². The fourth-order valence-electron chi connectivity index (χ4n) is 3.75. The van der Waals surface area contributed by atoms with Crippen molar-refractivity contribution in [1.82, 2.24) is 19.2 Å². The lowest BCUT2D eigenvalue weighted by atomic mass is 10.1. The van der Waals surface area contributed by atoms with E-state index in [1.54, 1.807) is 28.8 Å². The van der Waals surface area contributed by atoms with Crippen molar-refractivity contribution < 1.29 is 13.2 Å². The van der Waals surface area contributed by atoms with E-state index in [1.807, 2.05) is 48.1 Å². The van der Waals surface area contributed by atoms with Crippen LogP contribution in [0.1, 0.15) is 11.3 Å². The van der Waals surface area contributed by atoms with Gasteiger partial charge in [0.05, 0.1) is 17.0 Å². The monoisotopic (exact) mass is 452 g/mol. The van der Waals surface area contributed by atoms with Gasteiger partial charge in [0.2, 0.25) is 0 Å². The van der Waals surface area contributed by atoms with Crippen molar-refractivity contribution in [3.63, 3.8) is 0 Å². The number of halogens is 4. The van der Waals surface area contributed by atoms with E-state index < -0.39 is 11.7 Å². The molecule has 0 aliphatic heterocycles. The first-order chi connectivity index (χ1) is 15.3. The summed E-state index contributed by atoms with van der Waals surface area (Å²) in [5.74, 6) is 0.574. The maximum Gasteiger partial charge on any atom is 0.416 e. The van der Waals surface area contributed by atoms with Gasteiger partial charge in [-0.2, -0.15) is 18.3 Å². The van der Waals surface area contributed by atoms with E-state index in [1.165, 1.54) is 6.07 Å². The quantitative estimate of drug-likeness (QED) is 0.300. The summed E-state index contributed by atoms with van der Waals surface area (Å²) in [5, 5.41) is 5.24. The molecule has 32 heavy (non-hydrogen) atoms. The van der Waals surface area contributed by atoms with E-state index in [2.05, 4.69) is 5.10 Å². The zero-order valence-corrected chi connectivity index (χ0v) is 17.6. The van der Waals surface area contributed by atoms with Crippen LogP contribution in [0.25, 0.3) is 33.8 Å². The average molecular weight is 453 g/mol. The predicted molar refractivity (Wildman–Crippen MR) is 118 cm³/mol. The average Bonchev–Trinajstić information content (AvgIpc) is 3.41. The van der Waals surface area contributed by atoms with Gasteiger partial charge < -0.3 is 4.57 Å². The SMILES string of the molecule is Cc1nn2c(-c3cccc(C(F)(F)F)c3)cc(-n3cccc3)nc2c1-c1ccc(Cl)cc1. The van der Waals surface area contributed by atoms with Gasteiger partial charge >= 0.3 is 6.18 Å². The van der Waals surface area contributed by atoms with Crippen LogP contribution in [-0.2, 0) is 6.18 Å². The van der Waals surface area contributed by atoms with Gasteiger partial charge in [-0.3, -0.25) is 0 Å². The van der Waals surface area contributed by atoms with Gasteiger partial charge in [0.15, 0.2) is 5.65 Å². The van der Waals surface area contributed by atoms with Gasteiger partial charge in [0, 0.05) is 34.6 Å². The third kappa shape index (κ3) is 3.54. The zero-order valence-electron chi connectivity index (χ0n) is 16.8. The summed E-state index contributed by atoms with van der Waals surface area (Å²) in [7, 11) is 0. The van der Waals surface area contributed by atoms with Crippen LogP contribution in [0.15, 0.2) is 79.1 Å². The Bertz CT molecular complexity index is 1420. The highest BCUT2D eigenvalue weighted by atomic mass is 35.5. The number of hydrogen-bond donors (Lipinski definition) is 0. The second-order valence-electron chi connectivity index (χ2n) is 7.37. The van der Waals surface area contributed by atoms with Crippen LogP contribution < -0.4 is 0 Å². The summed E-state index contributed by atoms with van der Waals surface area (Å²) in [4.78, 5) is 4.80. The molecule has 0 spiro atoms. The van der Waals surface area contributed by atoms with Crippen molar-refractivity contribution in [3.05, 3.63) is 95.4 Å². The molecule has 3 aromatic heterocycles. The Kier molecular flexibility index (Phi) is 4.78. The lowest BCUT2D eigenvalue weighted by Gasteiger charge is -2.12. The van der Waals surface area contributed by atoms with Crippen LogP contribution in [0.2, 0.25) is 5.02 Å². The summed E-state index contributed by atoms with van der Waals surface area (Å²) >= 11 is 6.05. The van der Waals surface area contributed by atoms with Crippen LogP contribution in [-0.4, -0.2) is 19.2 Å². The molecule has 2 aromatic carbocycles. The normalized spacial score (nSPS) is 11.9.